The largest absolute Gasteiger partial charge is 0.461 e. The second kappa shape index (κ2) is 7.77. The Bertz CT molecular complexity index is 515. The van der Waals surface area contributed by atoms with E-state index in [0.29, 0.717) is 0 Å². The van der Waals surface area contributed by atoms with E-state index < -0.39 is 22.0 Å². The molecule has 0 amide bonds. The van der Waals surface area contributed by atoms with Crippen molar-refractivity contribution in [3.8, 4) is 0 Å². The Hall–Kier alpha value is -2.72. The van der Waals surface area contributed by atoms with Crippen LogP contribution in [0.5, 0.6) is 0 Å². The first-order valence-corrected chi connectivity index (χ1v) is 6.01. The number of ether oxygens (including phenoxy) is 1. The summed E-state index contributed by atoms with van der Waals surface area (Å²) in [6.07, 6.45) is 2.50. The molecule has 0 aliphatic heterocycles. The van der Waals surface area contributed by atoms with Crippen molar-refractivity contribution < 1.29 is 24.4 Å². The van der Waals surface area contributed by atoms with E-state index in [1.165, 1.54) is 10.9 Å². The minimum atomic E-state index is -0.939. The molecule has 0 fully saturated rings. The van der Waals surface area contributed by atoms with Crippen molar-refractivity contribution in [2.75, 3.05) is 13.2 Å². The van der Waals surface area contributed by atoms with Gasteiger partial charge in [-0.2, -0.15) is 0 Å². The van der Waals surface area contributed by atoms with Crippen LogP contribution in [0, 0.1) is 20.2 Å². The summed E-state index contributed by atoms with van der Waals surface area (Å²) in [6.45, 7) is 1.38. The van der Waals surface area contributed by atoms with Gasteiger partial charge in [-0.05, 0) is 18.3 Å². The van der Waals surface area contributed by atoms with Crippen LogP contribution in [0.15, 0.2) is 12.5 Å². The second-order valence-electron chi connectivity index (χ2n) is 4.11. The second-order valence-corrected chi connectivity index (χ2v) is 4.11. The zero-order valence-electron chi connectivity index (χ0n) is 11.2. The van der Waals surface area contributed by atoms with Crippen LogP contribution in [0.25, 0.3) is 0 Å². The van der Waals surface area contributed by atoms with Crippen molar-refractivity contribution in [1.29, 1.82) is 0 Å². The molecule has 0 radical (unpaired) electrons. The summed E-state index contributed by atoms with van der Waals surface area (Å²) >= 11 is 0. The van der Waals surface area contributed by atoms with Gasteiger partial charge in [0.15, 0.2) is 6.33 Å². The molecule has 1 aromatic heterocycles. The van der Waals surface area contributed by atoms with E-state index in [4.69, 9.17) is 4.74 Å². The molecule has 1 atom stereocenters. The first-order valence-electron chi connectivity index (χ1n) is 6.01. The molecule has 11 nitrogen and oxygen atoms in total. The van der Waals surface area contributed by atoms with Crippen molar-refractivity contribution in [2.24, 2.45) is 0 Å². The van der Waals surface area contributed by atoms with Gasteiger partial charge in [-0.25, -0.2) is 9.55 Å². The number of hydrogen-bond acceptors (Lipinski definition) is 8. The normalized spacial score (nSPS) is 11.7. The van der Waals surface area contributed by atoms with Crippen LogP contribution in [0.1, 0.15) is 25.8 Å². The number of carbonyl (C=O) groups excluding carboxylic acids is 1. The highest BCUT2D eigenvalue weighted by Gasteiger charge is 2.20. The molecule has 0 aromatic carbocycles. The highest BCUT2D eigenvalue weighted by molar-refractivity contribution is 5.69. The predicted octanol–water partition coefficient (Wildman–Crippen LogP) is 0.884. The quantitative estimate of drug-likeness (QED) is 0.283. The van der Waals surface area contributed by atoms with Crippen molar-refractivity contribution in [3.63, 3.8) is 0 Å². The molecule has 0 N–H and O–H groups in total. The minimum Gasteiger partial charge on any atom is -0.461 e. The number of hydrogen-bond donors (Lipinski definition) is 0. The van der Waals surface area contributed by atoms with Gasteiger partial charge in [-0.3, -0.25) is 4.79 Å². The third-order valence-electron chi connectivity index (χ3n) is 2.51. The molecule has 0 aliphatic rings. The van der Waals surface area contributed by atoms with E-state index in [9.17, 15) is 25.0 Å². The number of rotatable bonds is 9. The molecule has 0 saturated heterocycles. The Morgan fingerprint density at radius 3 is 2.81 bits per heavy atom. The van der Waals surface area contributed by atoms with Crippen molar-refractivity contribution >= 4 is 11.8 Å². The fourth-order valence-electron chi connectivity index (χ4n) is 1.50. The number of nitro groups is 1. The molecule has 0 saturated carbocycles. The smallest absolute Gasteiger partial charge is 0.342 e. The van der Waals surface area contributed by atoms with Crippen LogP contribution in [0.2, 0.25) is 0 Å². The highest BCUT2D eigenvalue weighted by Crippen LogP contribution is 2.17. The fourth-order valence-corrected chi connectivity index (χ4v) is 1.50. The Morgan fingerprint density at radius 2 is 2.19 bits per heavy atom. The lowest BCUT2D eigenvalue weighted by atomic mass is 10.3. The minimum absolute atomic E-state index is 0.0351. The summed E-state index contributed by atoms with van der Waals surface area (Å²) in [5.41, 5.74) is 0. The first-order chi connectivity index (χ1) is 9.91. The maximum Gasteiger partial charge on any atom is 0.342 e. The summed E-state index contributed by atoms with van der Waals surface area (Å²) in [6, 6.07) is -0.452. The third-order valence-corrected chi connectivity index (χ3v) is 2.51. The molecular formula is C10H14N4O7. The van der Waals surface area contributed by atoms with Gasteiger partial charge in [0.25, 0.3) is 5.09 Å². The van der Waals surface area contributed by atoms with Gasteiger partial charge < -0.3 is 19.7 Å². The Balaban J connectivity index is 2.33. The zero-order chi connectivity index (χ0) is 15.8. The van der Waals surface area contributed by atoms with Gasteiger partial charge in [0.1, 0.15) is 18.8 Å². The van der Waals surface area contributed by atoms with Gasteiger partial charge >= 0.3 is 11.8 Å². The van der Waals surface area contributed by atoms with E-state index in [-0.39, 0.29) is 31.9 Å². The van der Waals surface area contributed by atoms with Crippen molar-refractivity contribution in [1.82, 2.24) is 9.55 Å². The monoisotopic (exact) mass is 302 g/mol. The van der Waals surface area contributed by atoms with E-state index in [1.54, 1.807) is 6.92 Å². The number of imidazole rings is 1. The lowest BCUT2D eigenvalue weighted by Crippen LogP contribution is -2.17. The van der Waals surface area contributed by atoms with E-state index in [0.717, 1.165) is 6.20 Å². The molecule has 1 unspecified atom stereocenters. The topological polar surface area (TPSA) is 140 Å². The summed E-state index contributed by atoms with van der Waals surface area (Å²) in [7, 11) is 0. The molecular weight excluding hydrogens is 288 g/mol. The molecule has 0 bridgehead atoms. The molecule has 0 aliphatic carbocycles. The maximum absolute atomic E-state index is 11.4. The Labute approximate surface area is 118 Å². The lowest BCUT2D eigenvalue weighted by molar-refractivity contribution is -0.757. The Kier molecular flexibility index (Phi) is 6.04. The van der Waals surface area contributed by atoms with Crippen LogP contribution < -0.4 is 0 Å². The van der Waals surface area contributed by atoms with Crippen LogP contribution in [-0.4, -0.2) is 38.7 Å². The fraction of sp³-hybridized carbons (Fsp3) is 0.600. The summed E-state index contributed by atoms with van der Waals surface area (Å²) < 4.78 is 6.21. The average molecular weight is 302 g/mol. The standard InChI is InChI=1S/C10H14N4O7/c1-8(12-7-11-5-9(12)13(16)17)6-20-10(15)3-2-4-21-14(18)19/h5,7-8H,2-4,6H2,1H3. The van der Waals surface area contributed by atoms with Gasteiger partial charge in [-0.1, -0.05) is 0 Å². The van der Waals surface area contributed by atoms with Crippen LogP contribution in [-0.2, 0) is 14.4 Å². The van der Waals surface area contributed by atoms with E-state index in [2.05, 4.69) is 9.82 Å². The van der Waals surface area contributed by atoms with Gasteiger partial charge in [0, 0.05) is 6.42 Å². The van der Waals surface area contributed by atoms with E-state index >= 15 is 0 Å². The van der Waals surface area contributed by atoms with Crippen LogP contribution >= 0.6 is 0 Å². The molecule has 1 heterocycles. The lowest BCUT2D eigenvalue weighted by Gasteiger charge is -2.10. The van der Waals surface area contributed by atoms with Crippen LogP contribution in [0.3, 0.4) is 0 Å². The molecule has 21 heavy (non-hydrogen) atoms. The SMILES string of the molecule is CC(COC(=O)CCCO[N+](=O)[O-])n1cncc1[N+](=O)[O-]. The Morgan fingerprint density at radius 1 is 1.48 bits per heavy atom. The molecule has 116 valence electrons. The first kappa shape index (κ1) is 16.3. The van der Waals surface area contributed by atoms with Gasteiger partial charge in [-0.15, -0.1) is 10.1 Å². The summed E-state index contributed by atoms with van der Waals surface area (Å²) in [5, 5.41) is 19.7. The maximum atomic E-state index is 11.4. The molecule has 1 aromatic rings. The molecule has 11 heteroatoms. The van der Waals surface area contributed by atoms with Crippen molar-refractivity contribution in [2.45, 2.75) is 25.8 Å². The van der Waals surface area contributed by atoms with Crippen LogP contribution in [0.4, 0.5) is 5.82 Å². The number of esters is 1. The van der Waals surface area contributed by atoms with Gasteiger partial charge in [0.2, 0.25) is 0 Å². The third kappa shape index (κ3) is 5.42. The number of aromatic nitrogens is 2. The number of nitrogens with zero attached hydrogens (tertiary/aromatic N) is 4. The van der Waals surface area contributed by atoms with Crippen molar-refractivity contribution in [3.05, 3.63) is 32.8 Å². The predicted molar refractivity (Wildman–Crippen MR) is 66.7 cm³/mol. The zero-order valence-corrected chi connectivity index (χ0v) is 11.2. The van der Waals surface area contributed by atoms with Gasteiger partial charge in [0.05, 0.1) is 6.61 Å². The number of carbonyl (C=O) groups is 1. The van der Waals surface area contributed by atoms with E-state index in [1.807, 2.05) is 0 Å². The molecule has 1 rings (SSSR count). The summed E-state index contributed by atoms with van der Waals surface area (Å²) in [5.74, 6) is -0.755. The highest BCUT2D eigenvalue weighted by atomic mass is 16.9. The molecule has 0 spiro atoms. The average Bonchev–Trinajstić information content (AvgIpc) is 2.90. The summed E-state index contributed by atoms with van der Waals surface area (Å²) in [4.78, 5) is 39.1.